The van der Waals surface area contributed by atoms with Gasteiger partial charge in [0.25, 0.3) is 5.69 Å². The number of nitro groups is 1. The third kappa shape index (κ3) is 2.29. The second-order valence-electron chi connectivity index (χ2n) is 4.85. The predicted molar refractivity (Wildman–Crippen MR) is 75.7 cm³/mol. The molecule has 0 bridgehead atoms. The molecule has 1 heterocycles. The molecular formula is C12H12Cl2N2O4. The van der Waals surface area contributed by atoms with Crippen molar-refractivity contribution >= 4 is 40.5 Å². The fraction of sp³-hybridized carbons (Fsp3) is 0.417. The molecule has 0 spiro atoms. The lowest BCUT2D eigenvalue weighted by Crippen LogP contribution is -2.48. The number of carboxylic acid groups (broad SMARTS) is 1. The summed E-state index contributed by atoms with van der Waals surface area (Å²) in [6.07, 6.45) is 1.15. The summed E-state index contributed by atoms with van der Waals surface area (Å²) in [6, 6.07) is 2.37. The largest absolute Gasteiger partial charge is 0.480 e. The number of carboxylic acids is 1. The van der Waals surface area contributed by atoms with E-state index in [0.717, 1.165) is 0 Å². The van der Waals surface area contributed by atoms with Crippen molar-refractivity contribution in [1.82, 2.24) is 0 Å². The van der Waals surface area contributed by atoms with Gasteiger partial charge in [-0.15, -0.1) is 0 Å². The molecule has 1 aromatic carbocycles. The van der Waals surface area contributed by atoms with Gasteiger partial charge in [0.1, 0.15) is 5.54 Å². The van der Waals surface area contributed by atoms with Crippen LogP contribution in [0.4, 0.5) is 11.4 Å². The van der Waals surface area contributed by atoms with Crippen molar-refractivity contribution in [3.8, 4) is 0 Å². The van der Waals surface area contributed by atoms with E-state index in [2.05, 4.69) is 0 Å². The van der Waals surface area contributed by atoms with E-state index in [0.29, 0.717) is 25.1 Å². The molecule has 0 radical (unpaired) electrons. The SMILES string of the molecule is CC1(C(=O)O)CCCN1c1c(Cl)cc([N+](=O)[O-])cc1Cl. The molecular weight excluding hydrogens is 307 g/mol. The second kappa shape index (κ2) is 5.10. The van der Waals surface area contributed by atoms with E-state index in [1.54, 1.807) is 11.8 Å². The zero-order valence-corrected chi connectivity index (χ0v) is 12.1. The van der Waals surface area contributed by atoms with Crippen LogP contribution in [0.3, 0.4) is 0 Å². The molecule has 1 aliphatic rings. The lowest BCUT2D eigenvalue weighted by Gasteiger charge is -2.34. The van der Waals surface area contributed by atoms with Crippen molar-refractivity contribution in [3.05, 3.63) is 32.3 Å². The number of hydrogen-bond acceptors (Lipinski definition) is 4. The number of anilines is 1. The molecule has 20 heavy (non-hydrogen) atoms. The van der Waals surface area contributed by atoms with Crippen LogP contribution in [0.15, 0.2) is 12.1 Å². The number of benzene rings is 1. The molecule has 1 N–H and O–H groups in total. The molecule has 2 rings (SSSR count). The van der Waals surface area contributed by atoms with Gasteiger partial charge in [-0.05, 0) is 19.8 Å². The molecule has 1 saturated heterocycles. The van der Waals surface area contributed by atoms with Gasteiger partial charge >= 0.3 is 5.97 Å². The minimum Gasteiger partial charge on any atom is -0.480 e. The summed E-state index contributed by atoms with van der Waals surface area (Å²) >= 11 is 12.1. The van der Waals surface area contributed by atoms with Crippen LogP contribution in [-0.2, 0) is 4.79 Å². The van der Waals surface area contributed by atoms with Crippen LogP contribution in [0.25, 0.3) is 0 Å². The monoisotopic (exact) mass is 318 g/mol. The normalized spacial score (nSPS) is 22.1. The van der Waals surface area contributed by atoms with Crippen molar-refractivity contribution < 1.29 is 14.8 Å². The summed E-state index contributed by atoms with van der Waals surface area (Å²) in [5.41, 5.74) is -0.995. The van der Waals surface area contributed by atoms with Gasteiger partial charge in [-0.3, -0.25) is 10.1 Å². The minimum atomic E-state index is -1.11. The highest BCUT2D eigenvalue weighted by atomic mass is 35.5. The van der Waals surface area contributed by atoms with Crippen molar-refractivity contribution in [2.45, 2.75) is 25.3 Å². The van der Waals surface area contributed by atoms with Gasteiger partial charge < -0.3 is 10.0 Å². The molecule has 1 fully saturated rings. The molecule has 1 atom stereocenters. The third-order valence-electron chi connectivity index (χ3n) is 3.58. The standard InChI is InChI=1S/C12H12Cl2N2O4/c1-12(11(17)18)3-2-4-15(12)10-8(13)5-7(16(19)20)6-9(10)14/h5-6H,2-4H2,1H3,(H,17,18). The average molecular weight is 319 g/mol. The number of aliphatic carboxylic acids is 1. The Kier molecular flexibility index (Phi) is 3.80. The van der Waals surface area contributed by atoms with Crippen molar-refractivity contribution in [2.75, 3.05) is 11.4 Å². The predicted octanol–water partition coefficient (Wildman–Crippen LogP) is 3.35. The summed E-state index contributed by atoms with van der Waals surface area (Å²) in [7, 11) is 0. The Hall–Kier alpha value is -1.53. The Labute approximate surface area is 125 Å². The average Bonchev–Trinajstić information content (AvgIpc) is 2.72. The van der Waals surface area contributed by atoms with E-state index in [1.807, 2.05) is 0 Å². The Bertz CT molecular complexity index is 570. The lowest BCUT2D eigenvalue weighted by molar-refractivity contribution is -0.384. The molecule has 6 nitrogen and oxygen atoms in total. The molecule has 0 aromatic heterocycles. The number of non-ortho nitro benzene ring substituents is 1. The van der Waals surface area contributed by atoms with E-state index >= 15 is 0 Å². The topological polar surface area (TPSA) is 83.7 Å². The van der Waals surface area contributed by atoms with Gasteiger partial charge in [0.05, 0.1) is 20.7 Å². The summed E-state index contributed by atoms with van der Waals surface area (Å²) in [5.74, 6) is -0.972. The van der Waals surface area contributed by atoms with Gasteiger partial charge in [-0.2, -0.15) is 0 Å². The quantitative estimate of drug-likeness (QED) is 0.682. The molecule has 0 saturated carbocycles. The van der Waals surface area contributed by atoms with E-state index in [9.17, 15) is 20.0 Å². The molecule has 0 amide bonds. The fourth-order valence-corrected chi connectivity index (χ4v) is 3.14. The van der Waals surface area contributed by atoms with Crippen LogP contribution < -0.4 is 4.90 Å². The molecule has 8 heteroatoms. The minimum absolute atomic E-state index is 0.0820. The first-order valence-electron chi connectivity index (χ1n) is 5.92. The summed E-state index contributed by atoms with van der Waals surface area (Å²) in [5, 5.41) is 20.3. The van der Waals surface area contributed by atoms with Crippen LogP contribution in [-0.4, -0.2) is 28.1 Å². The summed E-state index contributed by atoms with van der Waals surface area (Å²) in [4.78, 5) is 23.2. The first kappa shape index (κ1) is 14.9. The van der Waals surface area contributed by atoms with Gasteiger partial charge in [-0.25, -0.2) is 4.79 Å². The zero-order valence-electron chi connectivity index (χ0n) is 10.6. The van der Waals surface area contributed by atoms with Crippen LogP contribution in [0.2, 0.25) is 10.0 Å². The number of rotatable bonds is 3. The van der Waals surface area contributed by atoms with E-state index in [-0.39, 0.29) is 15.7 Å². The van der Waals surface area contributed by atoms with Gasteiger partial charge in [0.15, 0.2) is 0 Å². The molecule has 1 aliphatic heterocycles. The number of hydrogen-bond donors (Lipinski definition) is 1. The number of carbonyl (C=O) groups is 1. The van der Waals surface area contributed by atoms with Crippen LogP contribution in [0, 0.1) is 10.1 Å². The van der Waals surface area contributed by atoms with Gasteiger partial charge in [0.2, 0.25) is 0 Å². The van der Waals surface area contributed by atoms with E-state index in [4.69, 9.17) is 23.2 Å². The molecule has 0 aliphatic carbocycles. The van der Waals surface area contributed by atoms with Crippen LogP contribution in [0.1, 0.15) is 19.8 Å². The Morgan fingerprint density at radius 3 is 2.45 bits per heavy atom. The Morgan fingerprint density at radius 2 is 2.00 bits per heavy atom. The van der Waals surface area contributed by atoms with Gasteiger partial charge in [-0.1, -0.05) is 23.2 Å². The van der Waals surface area contributed by atoms with E-state index in [1.165, 1.54) is 12.1 Å². The second-order valence-corrected chi connectivity index (χ2v) is 5.66. The Balaban J connectivity index is 2.53. The summed E-state index contributed by atoms with van der Waals surface area (Å²) in [6.45, 7) is 2.08. The fourth-order valence-electron chi connectivity index (χ4n) is 2.46. The van der Waals surface area contributed by atoms with Crippen LogP contribution >= 0.6 is 23.2 Å². The van der Waals surface area contributed by atoms with Crippen molar-refractivity contribution in [3.63, 3.8) is 0 Å². The zero-order chi connectivity index (χ0) is 15.1. The highest BCUT2D eigenvalue weighted by molar-refractivity contribution is 6.39. The molecule has 108 valence electrons. The molecule has 1 aromatic rings. The smallest absolute Gasteiger partial charge is 0.329 e. The van der Waals surface area contributed by atoms with Crippen LogP contribution in [0.5, 0.6) is 0 Å². The maximum atomic E-state index is 11.5. The maximum Gasteiger partial charge on any atom is 0.329 e. The molecule has 1 unspecified atom stereocenters. The van der Waals surface area contributed by atoms with E-state index < -0.39 is 16.4 Å². The van der Waals surface area contributed by atoms with Crippen molar-refractivity contribution in [2.24, 2.45) is 0 Å². The number of nitro benzene ring substituents is 1. The first-order valence-corrected chi connectivity index (χ1v) is 6.67. The maximum absolute atomic E-state index is 11.5. The van der Waals surface area contributed by atoms with Crippen molar-refractivity contribution in [1.29, 1.82) is 0 Å². The third-order valence-corrected chi connectivity index (χ3v) is 4.16. The highest BCUT2D eigenvalue weighted by Gasteiger charge is 2.45. The van der Waals surface area contributed by atoms with Gasteiger partial charge in [0, 0.05) is 18.7 Å². The number of nitrogens with zero attached hydrogens (tertiary/aromatic N) is 2. The Morgan fingerprint density at radius 1 is 1.45 bits per heavy atom. The summed E-state index contributed by atoms with van der Waals surface area (Å²) < 4.78 is 0. The number of halogens is 2. The highest BCUT2D eigenvalue weighted by Crippen LogP contribution is 2.43. The lowest BCUT2D eigenvalue weighted by atomic mass is 9.98. The first-order chi connectivity index (χ1) is 9.27.